The summed E-state index contributed by atoms with van der Waals surface area (Å²) in [7, 11) is 0. The van der Waals surface area contributed by atoms with Crippen LogP contribution in [0.25, 0.3) is 0 Å². The summed E-state index contributed by atoms with van der Waals surface area (Å²) < 4.78 is 0. The molecule has 0 aliphatic carbocycles. The monoisotopic (exact) mass is 332 g/mol. The summed E-state index contributed by atoms with van der Waals surface area (Å²) in [4.78, 5) is 26.3. The fourth-order valence-corrected chi connectivity index (χ4v) is 3.41. The molecule has 3 N–H and O–H groups in total. The summed E-state index contributed by atoms with van der Waals surface area (Å²) in [5.41, 5.74) is 10.6. The lowest BCUT2D eigenvalue weighted by molar-refractivity contribution is -0.122. The highest BCUT2D eigenvalue weighted by atomic mass is 16.2. The molecule has 2 aliphatic heterocycles. The van der Waals surface area contributed by atoms with Gasteiger partial charge < -0.3 is 16.0 Å². The normalized spacial score (nSPS) is 18.9. The molecule has 0 fully saturated rings. The lowest BCUT2D eigenvalue weighted by Gasteiger charge is -2.15. The highest BCUT2D eigenvalue weighted by molar-refractivity contribution is 6.10. The standard InChI is InChI=1S/C19H16N4O2/c20-8-11-2-1-3-15(4-11)23-10-14-5-12-7-17(21)18(24)22-9-13(12)6-16(14)19(23)25/h1-6,17H,7,9-10,21H2,(H,22,24)/t17-/m0/s1. The van der Waals surface area contributed by atoms with Crippen molar-refractivity contribution in [2.45, 2.75) is 25.6 Å². The zero-order valence-electron chi connectivity index (χ0n) is 13.5. The Kier molecular flexibility index (Phi) is 3.52. The van der Waals surface area contributed by atoms with Gasteiger partial charge in [-0.2, -0.15) is 5.26 Å². The third kappa shape index (κ3) is 2.55. The van der Waals surface area contributed by atoms with Crippen molar-refractivity contribution in [1.82, 2.24) is 5.32 Å². The first-order valence-electron chi connectivity index (χ1n) is 8.07. The molecular weight excluding hydrogens is 316 g/mol. The van der Waals surface area contributed by atoms with Gasteiger partial charge in [0.05, 0.1) is 24.2 Å². The largest absolute Gasteiger partial charge is 0.351 e. The van der Waals surface area contributed by atoms with Gasteiger partial charge in [-0.25, -0.2) is 0 Å². The van der Waals surface area contributed by atoms with Crippen LogP contribution in [-0.4, -0.2) is 17.9 Å². The summed E-state index contributed by atoms with van der Waals surface area (Å²) in [6.45, 7) is 0.833. The Morgan fingerprint density at radius 1 is 1.16 bits per heavy atom. The van der Waals surface area contributed by atoms with E-state index in [-0.39, 0.29) is 11.8 Å². The lowest BCUT2D eigenvalue weighted by Crippen LogP contribution is -2.39. The summed E-state index contributed by atoms with van der Waals surface area (Å²) in [6.07, 6.45) is 0.465. The molecule has 0 spiro atoms. The number of nitrogens with two attached hydrogens (primary N) is 1. The van der Waals surface area contributed by atoms with E-state index in [1.54, 1.807) is 23.1 Å². The van der Waals surface area contributed by atoms with Crippen molar-refractivity contribution >= 4 is 17.5 Å². The molecular formula is C19H16N4O2. The molecule has 2 heterocycles. The Morgan fingerprint density at radius 3 is 2.80 bits per heavy atom. The first-order chi connectivity index (χ1) is 12.1. The van der Waals surface area contributed by atoms with Crippen LogP contribution in [0.15, 0.2) is 36.4 Å². The Bertz CT molecular complexity index is 945. The third-order valence-corrected chi connectivity index (χ3v) is 4.75. The number of fused-ring (bicyclic) bond motifs is 2. The van der Waals surface area contributed by atoms with Crippen LogP contribution in [0.2, 0.25) is 0 Å². The number of rotatable bonds is 1. The molecule has 0 aromatic heterocycles. The van der Waals surface area contributed by atoms with Crippen LogP contribution in [0.1, 0.15) is 32.6 Å². The molecule has 0 unspecified atom stereocenters. The first-order valence-corrected chi connectivity index (χ1v) is 8.07. The van der Waals surface area contributed by atoms with Gasteiger partial charge in [0.2, 0.25) is 5.91 Å². The van der Waals surface area contributed by atoms with Crippen LogP contribution in [0.4, 0.5) is 5.69 Å². The number of nitrogens with zero attached hydrogens (tertiary/aromatic N) is 2. The number of carbonyl (C=O) groups excluding carboxylic acids is 2. The number of amides is 2. The van der Waals surface area contributed by atoms with Gasteiger partial charge in [-0.3, -0.25) is 9.59 Å². The van der Waals surface area contributed by atoms with Crippen molar-refractivity contribution in [3.8, 4) is 6.07 Å². The maximum absolute atomic E-state index is 12.8. The summed E-state index contributed by atoms with van der Waals surface area (Å²) >= 11 is 0. The van der Waals surface area contributed by atoms with Crippen LogP contribution >= 0.6 is 0 Å². The second-order valence-electron chi connectivity index (χ2n) is 6.36. The molecule has 0 radical (unpaired) electrons. The summed E-state index contributed by atoms with van der Waals surface area (Å²) in [5, 5.41) is 11.9. The molecule has 124 valence electrons. The van der Waals surface area contributed by atoms with E-state index in [4.69, 9.17) is 11.0 Å². The van der Waals surface area contributed by atoms with Gasteiger partial charge in [-0.05, 0) is 47.4 Å². The summed E-state index contributed by atoms with van der Waals surface area (Å²) in [5.74, 6) is -0.259. The number of anilines is 1. The molecule has 2 aromatic rings. The van der Waals surface area contributed by atoms with Gasteiger partial charge in [-0.15, -0.1) is 0 Å². The third-order valence-electron chi connectivity index (χ3n) is 4.75. The molecule has 6 heteroatoms. The number of nitriles is 1. The first kappa shape index (κ1) is 15.4. The van der Waals surface area contributed by atoms with E-state index in [9.17, 15) is 9.59 Å². The van der Waals surface area contributed by atoms with Gasteiger partial charge >= 0.3 is 0 Å². The van der Waals surface area contributed by atoms with Gasteiger partial charge in [0.25, 0.3) is 5.91 Å². The maximum atomic E-state index is 12.8. The number of nitrogens with one attached hydrogen (secondary N) is 1. The highest BCUT2D eigenvalue weighted by Crippen LogP contribution is 2.31. The lowest BCUT2D eigenvalue weighted by atomic mass is 9.96. The van der Waals surface area contributed by atoms with Crippen molar-refractivity contribution in [3.05, 3.63) is 64.2 Å². The average Bonchev–Trinajstić information content (AvgIpc) is 2.87. The van der Waals surface area contributed by atoms with Gasteiger partial charge in [0.1, 0.15) is 0 Å². The highest BCUT2D eigenvalue weighted by Gasteiger charge is 2.31. The minimum Gasteiger partial charge on any atom is -0.351 e. The quantitative estimate of drug-likeness (QED) is 0.820. The van der Waals surface area contributed by atoms with Crippen LogP contribution in [0, 0.1) is 11.3 Å². The van der Waals surface area contributed by atoms with E-state index in [0.29, 0.717) is 36.3 Å². The smallest absolute Gasteiger partial charge is 0.258 e. The van der Waals surface area contributed by atoms with Crippen molar-refractivity contribution in [2.75, 3.05) is 4.90 Å². The minimum atomic E-state index is -0.570. The van der Waals surface area contributed by atoms with E-state index in [2.05, 4.69) is 11.4 Å². The van der Waals surface area contributed by atoms with E-state index in [1.807, 2.05) is 18.2 Å². The van der Waals surface area contributed by atoms with Gasteiger partial charge in [-0.1, -0.05) is 12.1 Å². The van der Waals surface area contributed by atoms with Crippen LogP contribution in [-0.2, 0) is 24.3 Å². The molecule has 0 saturated carbocycles. The predicted molar refractivity (Wildman–Crippen MR) is 91.6 cm³/mol. The molecule has 2 aromatic carbocycles. The van der Waals surface area contributed by atoms with Crippen LogP contribution < -0.4 is 16.0 Å². The van der Waals surface area contributed by atoms with Crippen molar-refractivity contribution in [1.29, 1.82) is 5.26 Å². The zero-order chi connectivity index (χ0) is 17.6. The number of benzene rings is 2. The van der Waals surface area contributed by atoms with Crippen LogP contribution in [0.3, 0.4) is 0 Å². The van der Waals surface area contributed by atoms with Crippen molar-refractivity contribution in [2.24, 2.45) is 5.73 Å². The molecule has 2 aliphatic rings. The van der Waals surface area contributed by atoms with Crippen molar-refractivity contribution < 1.29 is 9.59 Å². The average molecular weight is 332 g/mol. The van der Waals surface area contributed by atoms with Gasteiger partial charge in [0.15, 0.2) is 0 Å². The van der Waals surface area contributed by atoms with E-state index in [1.165, 1.54) is 0 Å². The molecule has 4 rings (SSSR count). The molecule has 25 heavy (non-hydrogen) atoms. The Labute approximate surface area is 144 Å². The Hall–Kier alpha value is -3.17. The second-order valence-corrected chi connectivity index (χ2v) is 6.36. The second kappa shape index (κ2) is 5.72. The molecule has 2 amide bonds. The SMILES string of the molecule is N#Cc1cccc(N2Cc3cc4c(cc3C2=O)CNC(=O)[C@@H](N)C4)c1. The zero-order valence-corrected chi connectivity index (χ0v) is 13.5. The van der Waals surface area contributed by atoms with E-state index >= 15 is 0 Å². The maximum Gasteiger partial charge on any atom is 0.258 e. The predicted octanol–water partition coefficient (Wildman–Crippen LogP) is 1.22. The molecule has 0 saturated heterocycles. The fraction of sp³-hybridized carbons (Fsp3) is 0.211. The number of hydrogen-bond acceptors (Lipinski definition) is 4. The van der Waals surface area contributed by atoms with E-state index < -0.39 is 6.04 Å². The Balaban J connectivity index is 1.71. The summed E-state index contributed by atoms with van der Waals surface area (Å²) in [6, 6.07) is 12.4. The topological polar surface area (TPSA) is 99.2 Å². The van der Waals surface area contributed by atoms with Crippen molar-refractivity contribution in [3.63, 3.8) is 0 Å². The Morgan fingerprint density at radius 2 is 2.00 bits per heavy atom. The van der Waals surface area contributed by atoms with E-state index in [0.717, 1.165) is 16.7 Å². The van der Waals surface area contributed by atoms with Crippen LogP contribution in [0.5, 0.6) is 0 Å². The fourth-order valence-electron chi connectivity index (χ4n) is 3.41. The minimum absolute atomic E-state index is 0.0900. The molecule has 6 nitrogen and oxygen atoms in total. The van der Waals surface area contributed by atoms with Gasteiger partial charge in [0, 0.05) is 17.8 Å². The molecule has 0 bridgehead atoms. The molecule has 1 atom stereocenters. The number of hydrogen-bond donors (Lipinski definition) is 2. The number of carbonyl (C=O) groups is 2.